The van der Waals surface area contributed by atoms with Crippen molar-refractivity contribution in [2.75, 3.05) is 0 Å². The van der Waals surface area contributed by atoms with E-state index in [1.165, 1.54) is 0 Å². The molecule has 5 nitrogen and oxygen atoms in total. The molecule has 2 aromatic heterocycles. The third-order valence-corrected chi connectivity index (χ3v) is 2.83. The highest BCUT2D eigenvalue weighted by Crippen LogP contribution is 2.21. The highest BCUT2D eigenvalue weighted by molar-refractivity contribution is 5.38. The van der Waals surface area contributed by atoms with Crippen LogP contribution in [0.2, 0.25) is 0 Å². The van der Waals surface area contributed by atoms with Crippen LogP contribution in [0.1, 0.15) is 38.7 Å². The van der Waals surface area contributed by atoms with Gasteiger partial charge in [0, 0.05) is 24.2 Å². The van der Waals surface area contributed by atoms with Crippen molar-refractivity contribution < 1.29 is 0 Å². The zero-order chi connectivity index (χ0) is 13.3. The Morgan fingerprint density at radius 3 is 2.72 bits per heavy atom. The van der Waals surface area contributed by atoms with Crippen molar-refractivity contribution in [2.45, 2.75) is 46.6 Å². The molecule has 18 heavy (non-hydrogen) atoms. The molecule has 1 unspecified atom stereocenters. The van der Waals surface area contributed by atoms with Crippen LogP contribution in [0.3, 0.4) is 0 Å². The van der Waals surface area contributed by atoms with Gasteiger partial charge < -0.3 is 5.73 Å². The lowest BCUT2D eigenvalue weighted by Gasteiger charge is -2.22. The van der Waals surface area contributed by atoms with Crippen molar-refractivity contribution in [3.63, 3.8) is 0 Å². The van der Waals surface area contributed by atoms with E-state index < -0.39 is 0 Å². The Morgan fingerprint density at radius 2 is 2.06 bits per heavy atom. The summed E-state index contributed by atoms with van der Waals surface area (Å²) >= 11 is 0. The molecule has 98 valence electrons. The maximum Gasteiger partial charge on any atom is 0.163 e. The summed E-state index contributed by atoms with van der Waals surface area (Å²) in [6.45, 7) is 8.53. The SMILES string of the molecule is Cc1cc2nnc(CC(N)CC(C)(C)C)n2cn1. The number of nitrogens with two attached hydrogens (primary N) is 1. The Kier molecular flexibility index (Phi) is 3.34. The quantitative estimate of drug-likeness (QED) is 0.897. The minimum Gasteiger partial charge on any atom is -0.327 e. The van der Waals surface area contributed by atoms with Gasteiger partial charge in [-0.3, -0.25) is 4.40 Å². The van der Waals surface area contributed by atoms with Crippen LogP contribution in [-0.2, 0) is 6.42 Å². The molecule has 0 aliphatic rings. The largest absolute Gasteiger partial charge is 0.327 e. The Balaban J connectivity index is 2.17. The van der Waals surface area contributed by atoms with Gasteiger partial charge in [0.2, 0.25) is 0 Å². The zero-order valence-electron chi connectivity index (χ0n) is 11.5. The molecular formula is C13H21N5. The summed E-state index contributed by atoms with van der Waals surface area (Å²) in [6, 6.07) is 2.02. The molecule has 0 spiro atoms. The molecule has 0 aromatic carbocycles. The third kappa shape index (κ3) is 3.04. The summed E-state index contributed by atoms with van der Waals surface area (Å²) in [4.78, 5) is 4.26. The van der Waals surface area contributed by atoms with E-state index in [0.29, 0.717) is 0 Å². The monoisotopic (exact) mass is 247 g/mol. The summed E-state index contributed by atoms with van der Waals surface area (Å²) in [5, 5.41) is 8.35. The second-order valence-electron chi connectivity index (χ2n) is 6.10. The van der Waals surface area contributed by atoms with Gasteiger partial charge in [0.25, 0.3) is 0 Å². The summed E-state index contributed by atoms with van der Waals surface area (Å²) in [5.41, 5.74) is 8.18. The van der Waals surface area contributed by atoms with E-state index in [1.54, 1.807) is 6.33 Å². The second kappa shape index (κ2) is 4.65. The van der Waals surface area contributed by atoms with E-state index in [2.05, 4.69) is 36.0 Å². The second-order valence-corrected chi connectivity index (χ2v) is 6.10. The van der Waals surface area contributed by atoms with E-state index in [1.807, 2.05) is 17.4 Å². The Bertz CT molecular complexity index is 538. The number of hydrogen-bond acceptors (Lipinski definition) is 4. The lowest BCUT2D eigenvalue weighted by Crippen LogP contribution is -2.29. The average molecular weight is 247 g/mol. The lowest BCUT2D eigenvalue weighted by atomic mass is 9.87. The fraction of sp³-hybridized carbons (Fsp3) is 0.615. The third-order valence-electron chi connectivity index (χ3n) is 2.83. The van der Waals surface area contributed by atoms with Gasteiger partial charge in [0.15, 0.2) is 5.65 Å². The van der Waals surface area contributed by atoms with Gasteiger partial charge in [-0.15, -0.1) is 10.2 Å². The minimum absolute atomic E-state index is 0.0960. The molecule has 0 bridgehead atoms. The first-order valence-corrected chi connectivity index (χ1v) is 6.27. The Hall–Kier alpha value is -1.49. The molecule has 0 saturated heterocycles. The highest BCUT2D eigenvalue weighted by atomic mass is 15.3. The number of aryl methyl sites for hydroxylation is 1. The highest BCUT2D eigenvalue weighted by Gasteiger charge is 2.18. The van der Waals surface area contributed by atoms with Gasteiger partial charge in [0.05, 0.1) is 0 Å². The molecule has 2 rings (SSSR count). The fourth-order valence-electron chi connectivity index (χ4n) is 2.17. The van der Waals surface area contributed by atoms with Crippen LogP contribution in [0, 0.1) is 12.3 Å². The van der Waals surface area contributed by atoms with Crippen LogP contribution >= 0.6 is 0 Å². The Labute approximate surface area is 107 Å². The topological polar surface area (TPSA) is 69.1 Å². The van der Waals surface area contributed by atoms with Crippen molar-refractivity contribution in [3.05, 3.63) is 23.9 Å². The molecule has 0 aliphatic heterocycles. The number of nitrogens with zero attached hydrogens (tertiary/aromatic N) is 4. The first-order chi connectivity index (χ1) is 8.35. The smallest absolute Gasteiger partial charge is 0.163 e. The van der Waals surface area contributed by atoms with Crippen LogP contribution in [0.25, 0.3) is 5.65 Å². The zero-order valence-corrected chi connectivity index (χ0v) is 11.5. The van der Waals surface area contributed by atoms with Gasteiger partial charge in [-0.1, -0.05) is 20.8 Å². The molecule has 0 fully saturated rings. The predicted octanol–water partition coefficient (Wildman–Crippen LogP) is 1.74. The first kappa shape index (κ1) is 13.0. The van der Waals surface area contributed by atoms with Gasteiger partial charge in [-0.2, -0.15) is 0 Å². The molecule has 0 saturated carbocycles. The molecule has 0 amide bonds. The molecule has 1 atom stereocenters. The van der Waals surface area contributed by atoms with Crippen LogP contribution in [0.5, 0.6) is 0 Å². The number of fused-ring (bicyclic) bond motifs is 1. The van der Waals surface area contributed by atoms with Crippen molar-refractivity contribution in [1.29, 1.82) is 0 Å². The van der Waals surface area contributed by atoms with Crippen LogP contribution in [0.4, 0.5) is 0 Å². The molecular weight excluding hydrogens is 226 g/mol. The van der Waals surface area contributed by atoms with Crippen molar-refractivity contribution in [2.24, 2.45) is 11.1 Å². The summed E-state index contributed by atoms with van der Waals surface area (Å²) < 4.78 is 1.91. The fourth-order valence-corrected chi connectivity index (χ4v) is 2.17. The first-order valence-electron chi connectivity index (χ1n) is 6.27. The van der Waals surface area contributed by atoms with E-state index in [-0.39, 0.29) is 11.5 Å². The van der Waals surface area contributed by atoms with E-state index in [4.69, 9.17) is 5.73 Å². The standard InChI is InChI=1S/C13H21N5/c1-9-5-11-16-17-12(18(11)8-15-9)6-10(14)7-13(2,3)4/h5,8,10H,6-7,14H2,1-4H3. The summed E-state index contributed by atoms with van der Waals surface area (Å²) in [7, 11) is 0. The van der Waals surface area contributed by atoms with Gasteiger partial charge in [-0.05, 0) is 18.8 Å². The number of aromatic nitrogens is 4. The van der Waals surface area contributed by atoms with Crippen LogP contribution in [-0.4, -0.2) is 25.6 Å². The van der Waals surface area contributed by atoms with Crippen LogP contribution < -0.4 is 5.73 Å². The Morgan fingerprint density at radius 1 is 1.33 bits per heavy atom. The normalized spacial score (nSPS) is 14.1. The molecule has 2 aromatic rings. The van der Waals surface area contributed by atoms with E-state index in [0.717, 1.165) is 30.0 Å². The lowest BCUT2D eigenvalue weighted by molar-refractivity contribution is 0.336. The van der Waals surface area contributed by atoms with Crippen LogP contribution in [0.15, 0.2) is 12.4 Å². The van der Waals surface area contributed by atoms with Gasteiger partial charge in [0.1, 0.15) is 12.2 Å². The van der Waals surface area contributed by atoms with Crippen molar-refractivity contribution in [3.8, 4) is 0 Å². The summed E-state index contributed by atoms with van der Waals surface area (Å²) in [6.07, 6.45) is 3.45. The van der Waals surface area contributed by atoms with Gasteiger partial charge in [-0.25, -0.2) is 4.98 Å². The maximum atomic E-state index is 6.17. The van der Waals surface area contributed by atoms with Crippen molar-refractivity contribution >= 4 is 5.65 Å². The number of rotatable bonds is 3. The van der Waals surface area contributed by atoms with E-state index in [9.17, 15) is 0 Å². The molecule has 0 radical (unpaired) electrons. The number of hydrogen-bond donors (Lipinski definition) is 1. The molecule has 0 aliphatic carbocycles. The van der Waals surface area contributed by atoms with Gasteiger partial charge >= 0.3 is 0 Å². The summed E-state index contributed by atoms with van der Waals surface area (Å²) in [5.74, 6) is 0.884. The van der Waals surface area contributed by atoms with Crippen molar-refractivity contribution in [1.82, 2.24) is 19.6 Å². The molecule has 5 heteroatoms. The maximum absolute atomic E-state index is 6.17. The average Bonchev–Trinajstić information content (AvgIpc) is 2.57. The molecule has 2 N–H and O–H groups in total. The predicted molar refractivity (Wildman–Crippen MR) is 71.3 cm³/mol. The minimum atomic E-state index is 0.0960. The van der Waals surface area contributed by atoms with E-state index >= 15 is 0 Å². The molecule has 2 heterocycles.